The largest absolute Gasteiger partial charge is 0.421 e. The number of nitrogens with zero attached hydrogens (tertiary/aromatic N) is 1. The monoisotopic (exact) mass is 586 g/mol. The van der Waals surface area contributed by atoms with Crippen LogP contribution in [0.25, 0.3) is 0 Å². The van der Waals surface area contributed by atoms with Gasteiger partial charge in [0, 0.05) is 18.2 Å². The first-order valence-corrected chi connectivity index (χ1v) is 14.4. The third-order valence-electron chi connectivity index (χ3n) is 7.72. The Bertz CT molecular complexity index is 1450. The van der Waals surface area contributed by atoms with Gasteiger partial charge in [0.1, 0.15) is 6.04 Å². The molecule has 2 fully saturated rings. The van der Waals surface area contributed by atoms with Crippen molar-refractivity contribution in [2.75, 3.05) is 11.1 Å². The molecule has 2 unspecified atom stereocenters. The summed E-state index contributed by atoms with van der Waals surface area (Å²) in [5.74, 6) is -7.29. The molecule has 1 aliphatic heterocycles. The van der Waals surface area contributed by atoms with Crippen LogP contribution in [0, 0.1) is 11.8 Å². The third-order valence-corrected chi connectivity index (χ3v) is 9.61. The van der Waals surface area contributed by atoms with E-state index in [4.69, 9.17) is 0 Å². The van der Waals surface area contributed by atoms with E-state index in [2.05, 4.69) is 5.32 Å². The summed E-state index contributed by atoms with van der Waals surface area (Å²) in [6.45, 7) is 0.174. The molecule has 5 rings (SSSR count). The highest BCUT2D eigenvalue weighted by molar-refractivity contribution is 7.91. The molecule has 0 saturated heterocycles. The summed E-state index contributed by atoms with van der Waals surface area (Å²) in [6, 6.07) is 6.57. The highest BCUT2D eigenvalue weighted by atomic mass is 32.2. The van der Waals surface area contributed by atoms with Crippen LogP contribution in [0.3, 0.4) is 0 Å². The van der Waals surface area contributed by atoms with Gasteiger partial charge in [-0.05, 0) is 79.5 Å². The number of hydrogen-bond acceptors (Lipinski definition) is 5. The van der Waals surface area contributed by atoms with Crippen LogP contribution in [0.1, 0.15) is 55.3 Å². The number of aliphatic hydroxyl groups is 1. The van der Waals surface area contributed by atoms with Gasteiger partial charge in [0.05, 0.1) is 10.6 Å². The minimum absolute atomic E-state index is 0.00478. The first-order chi connectivity index (χ1) is 18.5. The zero-order chi connectivity index (χ0) is 29.3. The normalized spacial score (nSPS) is 21.1. The van der Waals surface area contributed by atoms with Gasteiger partial charge in [0.25, 0.3) is 11.8 Å². The van der Waals surface area contributed by atoms with Crippen LogP contribution in [0.4, 0.5) is 27.6 Å². The minimum atomic E-state index is -4.95. The van der Waals surface area contributed by atoms with E-state index >= 15 is 0 Å². The molecule has 7 nitrogen and oxygen atoms in total. The maximum atomic E-state index is 14.9. The van der Waals surface area contributed by atoms with E-state index in [1.54, 1.807) is 0 Å². The number of benzene rings is 2. The summed E-state index contributed by atoms with van der Waals surface area (Å²) < 4.78 is 94.8. The van der Waals surface area contributed by atoms with Crippen LogP contribution in [0.2, 0.25) is 0 Å². The van der Waals surface area contributed by atoms with Gasteiger partial charge in [-0.3, -0.25) is 9.59 Å². The minimum Gasteiger partial charge on any atom is -0.376 e. The topological polar surface area (TPSA) is 104 Å². The van der Waals surface area contributed by atoms with Crippen LogP contribution in [-0.2, 0) is 31.6 Å². The van der Waals surface area contributed by atoms with E-state index in [1.807, 2.05) is 0 Å². The number of alkyl halides is 5. The number of hydrogen-bond donors (Lipinski definition) is 2. The Hall–Kier alpha value is -3.06. The predicted molar refractivity (Wildman–Crippen MR) is 133 cm³/mol. The van der Waals surface area contributed by atoms with Gasteiger partial charge in [0.15, 0.2) is 15.4 Å². The summed E-state index contributed by atoms with van der Waals surface area (Å²) in [5.41, 5.74) is -3.20. The van der Waals surface area contributed by atoms with Crippen molar-refractivity contribution in [1.82, 2.24) is 4.90 Å². The number of amides is 2. The lowest BCUT2D eigenvalue weighted by molar-refractivity contribution is -0.258. The van der Waals surface area contributed by atoms with Crippen molar-refractivity contribution in [2.45, 2.75) is 67.8 Å². The van der Waals surface area contributed by atoms with Crippen LogP contribution in [0.15, 0.2) is 47.4 Å². The molecule has 40 heavy (non-hydrogen) atoms. The van der Waals surface area contributed by atoms with E-state index in [1.165, 1.54) is 18.2 Å². The van der Waals surface area contributed by atoms with Gasteiger partial charge in [-0.15, -0.1) is 0 Å². The molecule has 13 heteroatoms. The van der Waals surface area contributed by atoms with E-state index < -0.39 is 63.4 Å². The highest BCUT2D eigenvalue weighted by Crippen LogP contribution is 2.47. The molecule has 2 aromatic carbocycles. The lowest BCUT2D eigenvalue weighted by Crippen LogP contribution is -2.46. The molecule has 2 aliphatic carbocycles. The van der Waals surface area contributed by atoms with Crippen molar-refractivity contribution in [3.63, 3.8) is 0 Å². The average Bonchev–Trinajstić information content (AvgIpc) is 3.80. The summed E-state index contributed by atoms with van der Waals surface area (Å²) in [5, 5.41) is 12.3. The number of nitrogens with one attached hydrogen (secondary N) is 1. The van der Waals surface area contributed by atoms with Crippen molar-refractivity contribution < 1.29 is 45.1 Å². The highest BCUT2D eigenvalue weighted by Gasteiger charge is 2.57. The summed E-state index contributed by atoms with van der Waals surface area (Å²) >= 11 is 0. The maximum absolute atomic E-state index is 14.9. The molecular weight excluding hydrogens is 559 g/mol. The molecule has 0 spiro atoms. The Morgan fingerprint density at radius 1 is 1.00 bits per heavy atom. The molecule has 2 N–H and O–H groups in total. The molecule has 1 heterocycles. The second-order valence-corrected chi connectivity index (χ2v) is 13.0. The van der Waals surface area contributed by atoms with Gasteiger partial charge in [-0.1, -0.05) is 18.2 Å². The standard InChI is InChI=1S/C27H27F5N2O5S/c1-25(37,27(30,31)32)17-6-8-19(9-7-17)33-23(35)22-21-11-10-20(40(38,39)14-15-2-3-15)12-16(21)13-34(22)24(36)26(28,29)18-4-5-18/h6-12,15,18,22,37H,2-5,13-14H2,1H3,(H,33,35). The quantitative estimate of drug-likeness (QED) is 0.437. The molecule has 2 aromatic rings. The molecule has 0 radical (unpaired) electrons. The fourth-order valence-electron chi connectivity index (χ4n) is 4.85. The van der Waals surface area contributed by atoms with Crippen molar-refractivity contribution in [2.24, 2.45) is 11.8 Å². The Morgan fingerprint density at radius 3 is 2.17 bits per heavy atom. The number of fused-ring (bicyclic) bond motifs is 1. The van der Waals surface area contributed by atoms with E-state index in [9.17, 15) is 45.1 Å². The van der Waals surface area contributed by atoms with Crippen LogP contribution < -0.4 is 5.32 Å². The van der Waals surface area contributed by atoms with Gasteiger partial charge < -0.3 is 15.3 Å². The van der Waals surface area contributed by atoms with Crippen molar-refractivity contribution >= 4 is 27.3 Å². The molecule has 2 saturated carbocycles. The van der Waals surface area contributed by atoms with E-state index in [0.717, 1.165) is 42.0 Å². The summed E-state index contributed by atoms with van der Waals surface area (Å²) in [7, 11) is -3.65. The van der Waals surface area contributed by atoms with Crippen LogP contribution >= 0.6 is 0 Å². The van der Waals surface area contributed by atoms with Gasteiger partial charge in [-0.2, -0.15) is 22.0 Å². The average molecular weight is 587 g/mol. The fraction of sp³-hybridized carbons (Fsp3) is 0.481. The van der Waals surface area contributed by atoms with Crippen LogP contribution in [-0.4, -0.2) is 48.1 Å². The SMILES string of the molecule is CC(O)(c1ccc(NC(=O)C2c3ccc(S(=O)(=O)CC4CC4)cc3CN2C(=O)C(F)(F)C2CC2)cc1)C(F)(F)F. The lowest BCUT2D eigenvalue weighted by atomic mass is 9.95. The zero-order valence-electron chi connectivity index (χ0n) is 21.3. The molecule has 2 amide bonds. The number of anilines is 1. The molecule has 0 bridgehead atoms. The Morgan fingerprint density at radius 2 is 1.62 bits per heavy atom. The van der Waals surface area contributed by atoms with Gasteiger partial charge >= 0.3 is 12.1 Å². The molecule has 0 aromatic heterocycles. The number of carbonyl (C=O) groups is 2. The first kappa shape index (κ1) is 28.5. The van der Waals surface area contributed by atoms with E-state index in [0.29, 0.717) is 6.92 Å². The number of sulfone groups is 1. The molecule has 2 atom stereocenters. The van der Waals surface area contributed by atoms with Gasteiger partial charge in [0.2, 0.25) is 0 Å². The number of carbonyl (C=O) groups excluding carboxylic acids is 2. The van der Waals surface area contributed by atoms with Crippen molar-refractivity contribution in [3.05, 3.63) is 59.2 Å². The lowest BCUT2D eigenvalue weighted by Gasteiger charge is -2.28. The third kappa shape index (κ3) is 5.20. The Kier molecular flexibility index (Phi) is 6.77. The maximum Gasteiger partial charge on any atom is 0.421 e. The fourth-order valence-corrected chi connectivity index (χ4v) is 6.59. The second-order valence-electron chi connectivity index (χ2n) is 11.0. The van der Waals surface area contributed by atoms with Crippen molar-refractivity contribution in [3.8, 4) is 0 Å². The zero-order valence-corrected chi connectivity index (χ0v) is 22.2. The van der Waals surface area contributed by atoms with Gasteiger partial charge in [-0.25, -0.2) is 8.42 Å². The predicted octanol–water partition coefficient (Wildman–Crippen LogP) is 4.71. The molecule has 216 valence electrons. The smallest absolute Gasteiger partial charge is 0.376 e. The van der Waals surface area contributed by atoms with Crippen LogP contribution in [0.5, 0.6) is 0 Å². The number of halogens is 5. The molecule has 3 aliphatic rings. The van der Waals surface area contributed by atoms with Crippen molar-refractivity contribution in [1.29, 1.82) is 0 Å². The number of rotatable bonds is 8. The summed E-state index contributed by atoms with van der Waals surface area (Å²) in [4.78, 5) is 27.1. The first-order valence-electron chi connectivity index (χ1n) is 12.8. The van der Waals surface area contributed by atoms with E-state index in [-0.39, 0.29) is 46.2 Å². The summed E-state index contributed by atoms with van der Waals surface area (Å²) in [6.07, 6.45) is -3.02. The molecular formula is C27H27F5N2O5S. The Labute approximate surface area is 227 Å². The Balaban J connectivity index is 1.44. The second kappa shape index (κ2) is 9.51.